The number of nitrogens with one attached hydrogen (secondary N) is 2. The third-order valence-corrected chi connectivity index (χ3v) is 5.29. The summed E-state index contributed by atoms with van der Waals surface area (Å²) in [6.45, 7) is 5.78. The van der Waals surface area contributed by atoms with Crippen LogP contribution < -0.4 is 14.8 Å². The molecule has 1 saturated heterocycles. The number of hydrogen-bond donors (Lipinski definition) is 2. The first kappa shape index (κ1) is 15.3. The van der Waals surface area contributed by atoms with Gasteiger partial charge in [0.1, 0.15) is 5.75 Å². The van der Waals surface area contributed by atoms with Gasteiger partial charge in [-0.3, -0.25) is 0 Å². The van der Waals surface area contributed by atoms with E-state index in [1.54, 1.807) is 31.4 Å². The van der Waals surface area contributed by atoms with Gasteiger partial charge in [-0.1, -0.05) is 13.8 Å². The van der Waals surface area contributed by atoms with E-state index in [0.29, 0.717) is 5.75 Å². The molecule has 0 spiro atoms. The van der Waals surface area contributed by atoms with Gasteiger partial charge in [0.25, 0.3) is 0 Å². The molecule has 0 bridgehead atoms. The van der Waals surface area contributed by atoms with Crippen LogP contribution in [0.15, 0.2) is 29.2 Å². The Labute approximate surface area is 120 Å². The Bertz CT molecular complexity index is 552. The van der Waals surface area contributed by atoms with Gasteiger partial charge < -0.3 is 10.1 Å². The van der Waals surface area contributed by atoms with E-state index in [1.807, 2.05) is 0 Å². The van der Waals surface area contributed by atoms with Crippen LogP contribution in [0.25, 0.3) is 0 Å². The second-order valence-corrected chi connectivity index (χ2v) is 7.52. The molecule has 1 fully saturated rings. The van der Waals surface area contributed by atoms with Crippen molar-refractivity contribution < 1.29 is 13.2 Å². The molecule has 1 atom stereocenters. The lowest BCUT2D eigenvalue weighted by molar-refractivity contribution is 0.206. The molecule has 0 saturated carbocycles. The molecule has 0 aromatic heterocycles. The molecule has 1 heterocycles. The largest absolute Gasteiger partial charge is 0.497 e. The summed E-state index contributed by atoms with van der Waals surface area (Å²) in [6, 6.07) is 6.38. The lowest BCUT2D eigenvalue weighted by Crippen LogP contribution is -2.54. The molecule has 1 aliphatic rings. The van der Waals surface area contributed by atoms with Crippen molar-refractivity contribution in [3.8, 4) is 5.75 Å². The van der Waals surface area contributed by atoms with Gasteiger partial charge in [0.2, 0.25) is 10.0 Å². The molecule has 0 amide bonds. The second-order valence-electron chi connectivity index (χ2n) is 5.80. The number of sulfonamides is 1. The van der Waals surface area contributed by atoms with Crippen LogP contribution in [-0.4, -0.2) is 34.7 Å². The lowest BCUT2D eigenvalue weighted by Gasteiger charge is -2.39. The standard InChI is InChI=1S/C14H22N2O3S/c1-14(2)10-15-9-8-13(14)16-20(17,18)12-6-4-11(19-3)5-7-12/h4-7,13,15-16H,8-10H2,1-3H3. The molecular formula is C14H22N2O3S. The highest BCUT2D eigenvalue weighted by Crippen LogP contribution is 2.27. The molecule has 1 unspecified atom stereocenters. The monoisotopic (exact) mass is 298 g/mol. The molecule has 2 rings (SSSR count). The average molecular weight is 298 g/mol. The Morgan fingerprint density at radius 1 is 1.30 bits per heavy atom. The van der Waals surface area contributed by atoms with E-state index < -0.39 is 10.0 Å². The van der Waals surface area contributed by atoms with Gasteiger partial charge in [0.05, 0.1) is 12.0 Å². The van der Waals surface area contributed by atoms with Gasteiger partial charge in [0, 0.05) is 12.6 Å². The topological polar surface area (TPSA) is 67.4 Å². The zero-order valence-corrected chi connectivity index (χ0v) is 13.0. The second kappa shape index (κ2) is 5.71. The third kappa shape index (κ3) is 3.31. The van der Waals surface area contributed by atoms with Crippen molar-refractivity contribution in [1.82, 2.24) is 10.0 Å². The number of piperidine rings is 1. The average Bonchev–Trinajstić information content (AvgIpc) is 2.41. The van der Waals surface area contributed by atoms with Crippen molar-refractivity contribution in [1.29, 1.82) is 0 Å². The van der Waals surface area contributed by atoms with Gasteiger partial charge in [0.15, 0.2) is 0 Å². The number of hydrogen-bond acceptors (Lipinski definition) is 4. The van der Waals surface area contributed by atoms with Crippen molar-refractivity contribution in [3.05, 3.63) is 24.3 Å². The summed E-state index contributed by atoms with van der Waals surface area (Å²) in [5, 5.41) is 3.29. The SMILES string of the molecule is COc1ccc(S(=O)(=O)NC2CCNCC2(C)C)cc1. The van der Waals surface area contributed by atoms with E-state index >= 15 is 0 Å². The Balaban J connectivity index is 2.17. The van der Waals surface area contributed by atoms with Crippen molar-refractivity contribution in [3.63, 3.8) is 0 Å². The maximum Gasteiger partial charge on any atom is 0.240 e. The number of ether oxygens (including phenoxy) is 1. The molecule has 1 aromatic rings. The van der Waals surface area contributed by atoms with Crippen LogP contribution in [0.4, 0.5) is 0 Å². The normalized spacial score (nSPS) is 22.4. The predicted molar refractivity (Wildman–Crippen MR) is 78.4 cm³/mol. The quantitative estimate of drug-likeness (QED) is 0.881. The summed E-state index contributed by atoms with van der Waals surface area (Å²) in [4.78, 5) is 0.271. The Morgan fingerprint density at radius 2 is 1.95 bits per heavy atom. The molecule has 1 aromatic carbocycles. The molecule has 5 nitrogen and oxygen atoms in total. The molecule has 0 radical (unpaired) electrons. The van der Waals surface area contributed by atoms with Crippen LogP contribution in [-0.2, 0) is 10.0 Å². The fraction of sp³-hybridized carbons (Fsp3) is 0.571. The van der Waals surface area contributed by atoms with Crippen LogP contribution in [0, 0.1) is 5.41 Å². The number of benzene rings is 1. The Morgan fingerprint density at radius 3 is 2.50 bits per heavy atom. The summed E-state index contributed by atoms with van der Waals surface area (Å²) >= 11 is 0. The van der Waals surface area contributed by atoms with Crippen LogP contribution in [0.1, 0.15) is 20.3 Å². The fourth-order valence-corrected chi connectivity index (χ4v) is 3.84. The van der Waals surface area contributed by atoms with Gasteiger partial charge >= 0.3 is 0 Å². The van der Waals surface area contributed by atoms with Gasteiger partial charge in [-0.05, 0) is 42.6 Å². The molecule has 1 aliphatic heterocycles. The summed E-state index contributed by atoms with van der Waals surface area (Å²) in [5.41, 5.74) is -0.0994. The van der Waals surface area contributed by atoms with E-state index in [4.69, 9.17) is 4.74 Å². The maximum atomic E-state index is 12.4. The third-order valence-electron chi connectivity index (χ3n) is 3.80. The van der Waals surface area contributed by atoms with Crippen molar-refractivity contribution in [2.24, 2.45) is 5.41 Å². The molecule has 0 aliphatic carbocycles. The van der Waals surface area contributed by atoms with E-state index in [2.05, 4.69) is 23.9 Å². The highest BCUT2D eigenvalue weighted by Gasteiger charge is 2.35. The van der Waals surface area contributed by atoms with E-state index in [1.165, 1.54) is 0 Å². The van der Waals surface area contributed by atoms with Crippen molar-refractivity contribution in [2.75, 3.05) is 20.2 Å². The van der Waals surface area contributed by atoms with Crippen LogP contribution in [0.3, 0.4) is 0 Å². The van der Waals surface area contributed by atoms with Gasteiger partial charge in [-0.2, -0.15) is 0 Å². The number of rotatable bonds is 4. The molecule has 20 heavy (non-hydrogen) atoms. The summed E-state index contributed by atoms with van der Waals surface area (Å²) in [6.07, 6.45) is 0.794. The van der Waals surface area contributed by atoms with E-state index in [0.717, 1.165) is 19.5 Å². The van der Waals surface area contributed by atoms with E-state index in [-0.39, 0.29) is 16.4 Å². The minimum atomic E-state index is -3.49. The van der Waals surface area contributed by atoms with Crippen LogP contribution in [0.5, 0.6) is 5.75 Å². The zero-order valence-electron chi connectivity index (χ0n) is 12.1. The Hall–Kier alpha value is -1.11. The first-order valence-corrected chi connectivity index (χ1v) is 8.20. The minimum Gasteiger partial charge on any atom is -0.497 e. The zero-order chi connectivity index (χ0) is 14.8. The summed E-state index contributed by atoms with van der Waals surface area (Å²) in [5.74, 6) is 0.645. The maximum absolute atomic E-state index is 12.4. The van der Waals surface area contributed by atoms with Gasteiger partial charge in [-0.15, -0.1) is 0 Å². The minimum absolute atomic E-state index is 0.0594. The smallest absolute Gasteiger partial charge is 0.240 e. The molecular weight excluding hydrogens is 276 g/mol. The highest BCUT2D eigenvalue weighted by atomic mass is 32.2. The predicted octanol–water partition coefficient (Wildman–Crippen LogP) is 1.36. The number of methoxy groups -OCH3 is 1. The summed E-state index contributed by atoms with van der Waals surface area (Å²) in [7, 11) is -1.93. The van der Waals surface area contributed by atoms with Crippen molar-refractivity contribution in [2.45, 2.75) is 31.2 Å². The lowest BCUT2D eigenvalue weighted by atomic mass is 9.81. The first-order chi connectivity index (χ1) is 9.35. The first-order valence-electron chi connectivity index (χ1n) is 6.72. The molecule has 2 N–H and O–H groups in total. The highest BCUT2D eigenvalue weighted by molar-refractivity contribution is 7.89. The van der Waals surface area contributed by atoms with Crippen molar-refractivity contribution >= 4 is 10.0 Å². The Kier molecular flexibility index (Phi) is 4.36. The molecule has 112 valence electrons. The van der Waals surface area contributed by atoms with Gasteiger partial charge in [-0.25, -0.2) is 13.1 Å². The fourth-order valence-electron chi connectivity index (χ4n) is 2.40. The van der Waals surface area contributed by atoms with Crippen LogP contribution in [0.2, 0.25) is 0 Å². The van der Waals surface area contributed by atoms with E-state index in [9.17, 15) is 8.42 Å². The molecule has 6 heteroatoms. The summed E-state index contributed by atoms with van der Waals surface area (Å²) < 4.78 is 32.7. The van der Waals surface area contributed by atoms with Crippen LogP contribution >= 0.6 is 0 Å².